The van der Waals surface area contributed by atoms with Crippen LogP contribution in [0.3, 0.4) is 0 Å². The highest BCUT2D eigenvalue weighted by Crippen LogP contribution is 2.23. The molecule has 1 fully saturated rings. The van der Waals surface area contributed by atoms with Crippen molar-refractivity contribution < 1.29 is 14.3 Å². The lowest BCUT2D eigenvalue weighted by atomic mass is 9.95. The number of carbonyl (C=O) groups excluding carboxylic acids is 2. The maximum absolute atomic E-state index is 13.0. The third-order valence-corrected chi connectivity index (χ3v) is 5.75. The third kappa shape index (κ3) is 6.84. The first-order chi connectivity index (χ1) is 15.2. The van der Waals surface area contributed by atoms with E-state index in [9.17, 15) is 9.59 Å². The van der Waals surface area contributed by atoms with Gasteiger partial charge in [-0.05, 0) is 43.5 Å². The van der Waals surface area contributed by atoms with Gasteiger partial charge in [0.25, 0.3) is 11.8 Å². The van der Waals surface area contributed by atoms with Gasteiger partial charge in [0.05, 0.1) is 23.4 Å². The Morgan fingerprint density at radius 2 is 1.58 bits per heavy atom. The topological polar surface area (TPSA) is 67.4 Å². The van der Waals surface area contributed by atoms with E-state index in [0.717, 1.165) is 38.5 Å². The van der Waals surface area contributed by atoms with Crippen molar-refractivity contribution in [2.24, 2.45) is 0 Å². The Morgan fingerprint density at radius 3 is 2.35 bits per heavy atom. The van der Waals surface area contributed by atoms with Gasteiger partial charge in [-0.2, -0.15) is 0 Å². The molecule has 0 radical (unpaired) electrons. The summed E-state index contributed by atoms with van der Waals surface area (Å²) in [5, 5.41) is 6.05. The molecule has 5 nitrogen and oxygen atoms in total. The van der Waals surface area contributed by atoms with Crippen LogP contribution in [-0.4, -0.2) is 24.5 Å². The summed E-state index contributed by atoms with van der Waals surface area (Å²) >= 11 is 0. The van der Waals surface area contributed by atoms with Crippen LogP contribution in [0.15, 0.2) is 48.5 Å². The molecule has 0 aromatic heterocycles. The second-order valence-electron chi connectivity index (χ2n) is 8.21. The van der Waals surface area contributed by atoms with Gasteiger partial charge in [0.1, 0.15) is 5.75 Å². The zero-order chi connectivity index (χ0) is 21.9. The summed E-state index contributed by atoms with van der Waals surface area (Å²) in [6.45, 7) is 2.76. The van der Waals surface area contributed by atoms with E-state index in [4.69, 9.17) is 4.74 Å². The molecule has 2 aromatic carbocycles. The summed E-state index contributed by atoms with van der Waals surface area (Å²) < 4.78 is 5.88. The van der Waals surface area contributed by atoms with Gasteiger partial charge < -0.3 is 15.4 Å². The van der Waals surface area contributed by atoms with Crippen LogP contribution in [0.1, 0.15) is 85.4 Å². The molecular formula is C26H34N2O3. The van der Waals surface area contributed by atoms with Crippen molar-refractivity contribution in [1.29, 1.82) is 0 Å². The minimum Gasteiger partial charge on any atom is -0.493 e. The van der Waals surface area contributed by atoms with Gasteiger partial charge in [-0.25, -0.2) is 0 Å². The Morgan fingerprint density at radius 1 is 0.871 bits per heavy atom. The fourth-order valence-electron chi connectivity index (χ4n) is 3.98. The summed E-state index contributed by atoms with van der Waals surface area (Å²) in [5.41, 5.74) is 1.47. The molecule has 1 aliphatic rings. The molecule has 31 heavy (non-hydrogen) atoms. The summed E-state index contributed by atoms with van der Waals surface area (Å²) in [5.74, 6) is 0.158. The molecule has 2 amide bonds. The Labute approximate surface area is 185 Å². The number of hydrogen-bond donors (Lipinski definition) is 2. The van der Waals surface area contributed by atoms with Crippen LogP contribution >= 0.6 is 0 Å². The lowest BCUT2D eigenvalue weighted by molar-refractivity contribution is 0.0928. The van der Waals surface area contributed by atoms with E-state index >= 15 is 0 Å². The highest BCUT2D eigenvalue weighted by molar-refractivity contribution is 6.10. The van der Waals surface area contributed by atoms with Gasteiger partial charge in [-0.3, -0.25) is 9.59 Å². The van der Waals surface area contributed by atoms with E-state index in [1.807, 2.05) is 30.3 Å². The molecular weight excluding hydrogens is 388 g/mol. The van der Waals surface area contributed by atoms with Gasteiger partial charge >= 0.3 is 0 Å². The molecule has 0 heterocycles. The van der Waals surface area contributed by atoms with Crippen LogP contribution in [0.25, 0.3) is 0 Å². The highest BCUT2D eigenvalue weighted by Gasteiger charge is 2.20. The number of ether oxygens (including phenoxy) is 1. The second-order valence-corrected chi connectivity index (χ2v) is 8.21. The summed E-state index contributed by atoms with van der Waals surface area (Å²) in [7, 11) is 0. The maximum Gasteiger partial charge on any atom is 0.259 e. The van der Waals surface area contributed by atoms with Crippen molar-refractivity contribution in [3.8, 4) is 5.75 Å². The predicted molar refractivity (Wildman–Crippen MR) is 125 cm³/mol. The number of unbranched alkanes of at least 4 members (excludes halogenated alkanes) is 3. The smallest absolute Gasteiger partial charge is 0.259 e. The quantitative estimate of drug-likeness (QED) is 0.464. The van der Waals surface area contributed by atoms with Gasteiger partial charge in [0.2, 0.25) is 0 Å². The van der Waals surface area contributed by atoms with Crippen molar-refractivity contribution in [3.63, 3.8) is 0 Å². The molecule has 5 heteroatoms. The minimum absolute atomic E-state index is 0.136. The maximum atomic E-state index is 13.0. The van der Waals surface area contributed by atoms with Crippen LogP contribution < -0.4 is 15.4 Å². The first-order valence-electron chi connectivity index (χ1n) is 11.6. The van der Waals surface area contributed by atoms with Crippen molar-refractivity contribution in [2.45, 2.75) is 70.8 Å². The molecule has 0 bridgehead atoms. The summed E-state index contributed by atoms with van der Waals surface area (Å²) in [4.78, 5) is 25.9. The molecule has 3 rings (SSSR count). The largest absolute Gasteiger partial charge is 0.493 e. The first-order valence-corrected chi connectivity index (χ1v) is 11.6. The lowest BCUT2D eigenvalue weighted by Crippen LogP contribution is -2.36. The molecule has 1 saturated carbocycles. The van der Waals surface area contributed by atoms with Crippen molar-refractivity contribution >= 4 is 17.5 Å². The zero-order valence-electron chi connectivity index (χ0n) is 18.5. The Hall–Kier alpha value is -2.82. The lowest BCUT2D eigenvalue weighted by Gasteiger charge is -2.23. The average molecular weight is 423 g/mol. The number of anilines is 1. The second kappa shape index (κ2) is 12.1. The normalized spacial score (nSPS) is 14.1. The number of amides is 2. The number of nitrogens with one attached hydrogen (secondary N) is 2. The third-order valence-electron chi connectivity index (χ3n) is 5.75. The van der Waals surface area contributed by atoms with Crippen LogP contribution in [0.5, 0.6) is 5.75 Å². The molecule has 0 aliphatic heterocycles. The highest BCUT2D eigenvalue weighted by atomic mass is 16.5. The summed E-state index contributed by atoms with van der Waals surface area (Å²) in [6, 6.07) is 14.6. The fourth-order valence-corrected chi connectivity index (χ4v) is 3.98. The summed E-state index contributed by atoms with van der Waals surface area (Å²) in [6.07, 6.45) is 10.0. The fraction of sp³-hybridized carbons (Fsp3) is 0.462. The predicted octanol–water partition coefficient (Wildman–Crippen LogP) is 5.96. The number of para-hydroxylation sites is 2. The van der Waals surface area contributed by atoms with E-state index in [1.54, 1.807) is 18.2 Å². The van der Waals surface area contributed by atoms with Gasteiger partial charge in [0.15, 0.2) is 0 Å². The average Bonchev–Trinajstić information content (AvgIpc) is 2.80. The van der Waals surface area contributed by atoms with Crippen LogP contribution in [0, 0.1) is 0 Å². The van der Waals surface area contributed by atoms with E-state index in [-0.39, 0.29) is 17.9 Å². The Balaban J connectivity index is 1.66. The number of carbonyl (C=O) groups is 2. The van der Waals surface area contributed by atoms with Gasteiger partial charge in [-0.15, -0.1) is 0 Å². The molecule has 166 valence electrons. The molecule has 0 atom stereocenters. The van der Waals surface area contributed by atoms with Gasteiger partial charge in [-0.1, -0.05) is 69.7 Å². The Bertz CT molecular complexity index is 859. The molecule has 0 unspecified atom stereocenters. The van der Waals surface area contributed by atoms with E-state index < -0.39 is 0 Å². The Kier molecular flexibility index (Phi) is 8.95. The molecule has 2 aromatic rings. The van der Waals surface area contributed by atoms with Crippen LogP contribution in [0.4, 0.5) is 5.69 Å². The zero-order valence-corrected chi connectivity index (χ0v) is 18.5. The van der Waals surface area contributed by atoms with Crippen molar-refractivity contribution in [1.82, 2.24) is 5.32 Å². The van der Waals surface area contributed by atoms with Crippen LogP contribution in [-0.2, 0) is 0 Å². The number of rotatable bonds is 10. The van der Waals surface area contributed by atoms with Crippen LogP contribution in [0.2, 0.25) is 0 Å². The SMILES string of the molecule is CCCCCCOc1ccccc1C(=O)Nc1ccccc1C(=O)NC1CCCCC1. The molecule has 0 saturated heterocycles. The number of hydrogen-bond acceptors (Lipinski definition) is 3. The van der Waals surface area contributed by atoms with E-state index in [1.165, 1.54) is 19.3 Å². The van der Waals surface area contributed by atoms with E-state index in [2.05, 4.69) is 17.6 Å². The van der Waals surface area contributed by atoms with Gasteiger partial charge in [0, 0.05) is 6.04 Å². The molecule has 1 aliphatic carbocycles. The monoisotopic (exact) mass is 422 g/mol. The standard InChI is InChI=1S/C26H34N2O3/c1-2-3-4-12-19-31-24-18-11-9-16-22(24)26(30)28-23-17-10-8-15-21(23)25(29)27-20-13-6-5-7-14-20/h8-11,15-18,20H,2-7,12-14,19H2,1H3,(H,27,29)(H,28,30). The van der Waals surface area contributed by atoms with E-state index in [0.29, 0.717) is 29.2 Å². The minimum atomic E-state index is -0.276. The van der Waals surface area contributed by atoms with Crippen molar-refractivity contribution in [2.75, 3.05) is 11.9 Å². The van der Waals surface area contributed by atoms with Crippen molar-refractivity contribution in [3.05, 3.63) is 59.7 Å². The first kappa shape index (κ1) is 22.9. The molecule has 2 N–H and O–H groups in total. The molecule has 0 spiro atoms. The number of benzene rings is 2.